The summed E-state index contributed by atoms with van der Waals surface area (Å²) in [6, 6.07) is 0.957. The molecule has 0 radical (unpaired) electrons. The molecule has 3 heterocycles. The number of benzene rings is 2. The zero-order valence-electron chi connectivity index (χ0n) is 26.8. The molecule has 0 spiro atoms. The van der Waals surface area contributed by atoms with E-state index < -0.39 is 40.0 Å². The largest absolute Gasteiger partial charge is 0.507 e. The predicted molar refractivity (Wildman–Crippen MR) is 181 cm³/mol. The van der Waals surface area contributed by atoms with Gasteiger partial charge in [-0.15, -0.1) is 0 Å². The van der Waals surface area contributed by atoms with E-state index in [4.69, 9.17) is 11.6 Å². The van der Waals surface area contributed by atoms with E-state index in [0.29, 0.717) is 17.7 Å². The van der Waals surface area contributed by atoms with Gasteiger partial charge in [-0.1, -0.05) is 44.7 Å². The van der Waals surface area contributed by atoms with Crippen molar-refractivity contribution in [3.63, 3.8) is 0 Å². The second-order valence-electron chi connectivity index (χ2n) is 12.0. The third-order valence-electron chi connectivity index (χ3n) is 8.80. The average Bonchev–Trinajstić information content (AvgIpc) is 3.03. The average molecular weight is 669 g/mol. The molecule has 1 fully saturated rings. The van der Waals surface area contributed by atoms with E-state index in [0.717, 1.165) is 16.7 Å². The number of hydrogen-bond acceptors (Lipinski definition) is 7. The van der Waals surface area contributed by atoms with Gasteiger partial charge in [0.15, 0.2) is 17.5 Å². The normalized spacial score (nSPS) is 18.7. The Bertz CT molecular complexity index is 1950. The van der Waals surface area contributed by atoms with Gasteiger partial charge < -0.3 is 20.2 Å². The highest BCUT2D eigenvalue weighted by Crippen LogP contribution is 2.49. The molecule has 0 aliphatic carbocycles. The molecule has 5 rings (SSSR count). The Kier molecular flexibility index (Phi) is 9.27. The van der Waals surface area contributed by atoms with Crippen molar-refractivity contribution in [2.24, 2.45) is 10.9 Å². The van der Waals surface area contributed by atoms with Gasteiger partial charge in [-0.05, 0) is 50.0 Å². The number of aromatic nitrogens is 2. The van der Waals surface area contributed by atoms with Crippen molar-refractivity contribution in [3.05, 3.63) is 76.0 Å². The van der Waals surface area contributed by atoms with Crippen LogP contribution in [0.3, 0.4) is 0 Å². The van der Waals surface area contributed by atoms with Crippen molar-refractivity contribution < 1.29 is 23.1 Å². The summed E-state index contributed by atoms with van der Waals surface area (Å²) in [7, 11) is 1.54. The zero-order chi connectivity index (χ0) is 34.5. The smallest absolute Gasteiger partial charge is 0.354 e. The number of phenolic OH excluding ortho intramolecular Hbond substituents is 1. The number of nitrogens with zero attached hydrogens (tertiary/aromatic N) is 5. The number of fused-ring (bicyclic) bond motifs is 2. The number of piperazine rings is 1. The maximum Gasteiger partial charge on any atom is 0.354 e. The summed E-state index contributed by atoms with van der Waals surface area (Å²) in [6.07, 6.45) is 3.19. The molecular formula is C34H36ClF3N6O3. The van der Waals surface area contributed by atoms with Crippen LogP contribution in [0.25, 0.3) is 27.7 Å². The van der Waals surface area contributed by atoms with Crippen LogP contribution in [0.5, 0.6) is 5.75 Å². The van der Waals surface area contributed by atoms with Gasteiger partial charge in [0, 0.05) is 44.3 Å². The molecule has 2 aliphatic rings. The number of halogens is 4. The minimum absolute atomic E-state index is 0.109. The summed E-state index contributed by atoms with van der Waals surface area (Å²) in [6.45, 7) is 15.5. The van der Waals surface area contributed by atoms with Crippen LogP contribution in [0.4, 0.5) is 24.7 Å². The van der Waals surface area contributed by atoms with Crippen molar-refractivity contribution in [1.29, 1.82) is 0 Å². The lowest BCUT2D eigenvalue weighted by Crippen LogP contribution is -2.60. The van der Waals surface area contributed by atoms with E-state index in [9.17, 15) is 19.1 Å². The number of carbonyl (C=O) groups excluding carboxylic acids is 1. The lowest BCUT2D eigenvalue weighted by Gasteiger charge is -2.47. The lowest BCUT2D eigenvalue weighted by atomic mass is 9.95. The molecule has 0 bridgehead atoms. The standard InChI is InChI=1S/C34H36ClF3N6O3/c1-8-17(5)31(29(39-7)16(3)4)44-32-25-30(26(35)24(28(32)38)23-21(45)11-10-20(36)27(23)37)40-13-12-19-15-42(22(46)9-2)18(6)14-43(19)33(25)41-34(44)47/h8-11,16,18-19,40,45H,1-2,12-15H2,3-7H3/b31-17+,39-29?. The van der Waals surface area contributed by atoms with Crippen LogP contribution < -0.4 is 15.9 Å². The number of aliphatic imine (C=N–C) groups is 1. The monoisotopic (exact) mass is 668 g/mol. The molecule has 1 amide bonds. The number of carbonyl (C=O) groups is 1. The highest BCUT2D eigenvalue weighted by molar-refractivity contribution is 6.38. The van der Waals surface area contributed by atoms with E-state index in [2.05, 4.69) is 28.5 Å². The van der Waals surface area contributed by atoms with Crippen LogP contribution in [-0.2, 0) is 4.79 Å². The quantitative estimate of drug-likeness (QED) is 0.179. The van der Waals surface area contributed by atoms with Crippen LogP contribution in [-0.4, -0.2) is 69.9 Å². The van der Waals surface area contributed by atoms with Crippen molar-refractivity contribution in [3.8, 4) is 16.9 Å². The van der Waals surface area contributed by atoms with Gasteiger partial charge in [-0.2, -0.15) is 4.98 Å². The number of rotatable bonds is 6. The number of allylic oxidation sites excluding steroid dienone is 3. The molecule has 9 nitrogen and oxygen atoms in total. The van der Waals surface area contributed by atoms with Gasteiger partial charge in [-0.25, -0.2) is 18.0 Å². The van der Waals surface area contributed by atoms with Crippen LogP contribution in [0, 0.1) is 23.4 Å². The highest BCUT2D eigenvalue weighted by atomic mass is 35.5. The molecule has 2 aliphatic heterocycles. The minimum atomic E-state index is -1.51. The summed E-state index contributed by atoms with van der Waals surface area (Å²) in [5, 5.41) is 13.7. The number of amides is 1. The van der Waals surface area contributed by atoms with E-state index in [1.807, 2.05) is 25.7 Å². The van der Waals surface area contributed by atoms with Gasteiger partial charge >= 0.3 is 5.69 Å². The summed E-state index contributed by atoms with van der Waals surface area (Å²) in [5.41, 5.74) is -1.42. The summed E-state index contributed by atoms with van der Waals surface area (Å²) < 4.78 is 48.5. The predicted octanol–water partition coefficient (Wildman–Crippen LogP) is 6.39. The summed E-state index contributed by atoms with van der Waals surface area (Å²) in [4.78, 5) is 39.5. The number of aromatic hydroxyl groups is 1. The maximum absolute atomic E-state index is 17.4. The fourth-order valence-electron chi connectivity index (χ4n) is 6.54. The zero-order valence-corrected chi connectivity index (χ0v) is 27.6. The first-order chi connectivity index (χ1) is 22.3. The molecule has 2 N–H and O–H groups in total. The number of hydrogen-bond donors (Lipinski definition) is 2. The molecule has 3 aromatic rings. The first kappa shape index (κ1) is 33.8. The number of nitrogens with one attached hydrogen (secondary N) is 1. The molecular weight excluding hydrogens is 633 g/mol. The summed E-state index contributed by atoms with van der Waals surface area (Å²) in [5.74, 6) is -5.16. The first-order valence-corrected chi connectivity index (χ1v) is 15.6. The van der Waals surface area contributed by atoms with Crippen molar-refractivity contribution in [1.82, 2.24) is 14.5 Å². The van der Waals surface area contributed by atoms with Crippen LogP contribution in [0.2, 0.25) is 5.02 Å². The van der Waals surface area contributed by atoms with E-state index in [1.54, 1.807) is 18.9 Å². The van der Waals surface area contributed by atoms with Crippen molar-refractivity contribution in [2.75, 3.05) is 36.9 Å². The Morgan fingerprint density at radius 2 is 1.87 bits per heavy atom. The van der Waals surface area contributed by atoms with Crippen LogP contribution in [0.15, 0.2) is 52.8 Å². The second kappa shape index (κ2) is 12.9. The molecule has 0 saturated carbocycles. The third-order valence-corrected chi connectivity index (χ3v) is 9.18. The van der Waals surface area contributed by atoms with Gasteiger partial charge in [0.2, 0.25) is 5.91 Å². The fourth-order valence-corrected chi connectivity index (χ4v) is 6.87. The SMILES string of the molecule is C=CC(=O)N1CC2CCNc3c(Cl)c(-c4c(O)ccc(F)c4F)c(F)c4c3c(nc(=O)n4/C(C(=NC)C(C)C)=C(\C)C=C)N2CC1C. The maximum atomic E-state index is 17.4. The van der Waals surface area contributed by atoms with E-state index in [1.165, 1.54) is 12.2 Å². The molecule has 1 saturated heterocycles. The van der Waals surface area contributed by atoms with Gasteiger partial charge in [0.05, 0.1) is 33.1 Å². The van der Waals surface area contributed by atoms with Crippen molar-refractivity contribution in [2.45, 2.75) is 46.2 Å². The lowest BCUT2D eigenvalue weighted by molar-refractivity contribution is -0.128. The van der Waals surface area contributed by atoms with Gasteiger partial charge in [-0.3, -0.25) is 14.4 Å². The molecule has 2 aromatic carbocycles. The van der Waals surface area contributed by atoms with Crippen LogP contribution >= 0.6 is 11.6 Å². The highest BCUT2D eigenvalue weighted by Gasteiger charge is 2.39. The Morgan fingerprint density at radius 1 is 1.17 bits per heavy atom. The fraction of sp³-hybridized carbons (Fsp3) is 0.353. The first-order valence-electron chi connectivity index (χ1n) is 15.2. The molecule has 248 valence electrons. The molecule has 13 heteroatoms. The van der Waals surface area contributed by atoms with E-state index in [-0.39, 0.29) is 76.7 Å². The molecule has 2 atom stereocenters. The summed E-state index contributed by atoms with van der Waals surface area (Å²) >= 11 is 6.89. The topological polar surface area (TPSA) is 103 Å². The van der Waals surface area contributed by atoms with Gasteiger partial charge in [0.25, 0.3) is 0 Å². The molecule has 47 heavy (non-hydrogen) atoms. The Hall–Kier alpha value is -4.58. The third kappa shape index (κ3) is 5.48. The van der Waals surface area contributed by atoms with Crippen molar-refractivity contribution >= 4 is 51.3 Å². The minimum Gasteiger partial charge on any atom is -0.507 e. The Labute approximate surface area is 275 Å². The van der Waals surface area contributed by atoms with Gasteiger partial charge in [0.1, 0.15) is 17.1 Å². The second-order valence-corrected chi connectivity index (χ2v) is 12.4. The number of anilines is 2. The molecule has 1 aromatic heterocycles. The molecule has 2 unspecified atom stereocenters. The van der Waals surface area contributed by atoms with Crippen LogP contribution in [0.1, 0.15) is 34.1 Å². The Morgan fingerprint density at radius 3 is 2.49 bits per heavy atom. The van der Waals surface area contributed by atoms with E-state index >= 15 is 8.78 Å². The number of phenols is 1. The Balaban J connectivity index is 2.00.